The van der Waals surface area contributed by atoms with Crippen LogP contribution >= 0.6 is 0 Å². The van der Waals surface area contributed by atoms with Gasteiger partial charge in [0.15, 0.2) is 0 Å². The number of nitrogens with one attached hydrogen (secondary N) is 1. The van der Waals surface area contributed by atoms with Gasteiger partial charge in [-0.25, -0.2) is 0 Å². The molecule has 1 aliphatic rings. The summed E-state index contributed by atoms with van der Waals surface area (Å²) in [4.78, 5) is 11.9. The maximum Gasteiger partial charge on any atom is 0.224 e. The molecule has 1 fully saturated rings. The van der Waals surface area contributed by atoms with Gasteiger partial charge in [0.05, 0.1) is 6.42 Å². The lowest BCUT2D eigenvalue weighted by Crippen LogP contribution is -2.36. The molecule has 3 N–H and O–H groups in total. The number of hydrogen-bond donors (Lipinski definition) is 2. The summed E-state index contributed by atoms with van der Waals surface area (Å²) in [6.45, 7) is 2.82. The number of carbonyl (C=O) groups is 1. The first kappa shape index (κ1) is 14.1. The molecular weight excluding hydrogens is 236 g/mol. The summed E-state index contributed by atoms with van der Waals surface area (Å²) in [6, 6.07) is 8.44. The van der Waals surface area contributed by atoms with Gasteiger partial charge in [-0.15, -0.1) is 0 Å². The van der Waals surface area contributed by atoms with Crippen LogP contribution in [-0.2, 0) is 11.2 Å². The highest BCUT2D eigenvalue weighted by Gasteiger charge is 2.19. The van der Waals surface area contributed by atoms with Crippen LogP contribution in [0.25, 0.3) is 0 Å². The number of aryl methyl sites for hydroxylation is 1. The monoisotopic (exact) mass is 260 g/mol. The van der Waals surface area contributed by atoms with E-state index in [-0.39, 0.29) is 5.91 Å². The van der Waals surface area contributed by atoms with E-state index in [2.05, 4.69) is 11.4 Å². The van der Waals surface area contributed by atoms with E-state index in [9.17, 15) is 4.79 Å². The number of amides is 1. The van der Waals surface area contributed by atoms with E-state index < -0.39 is 0 Å². The third kappa shape index (κ3) is 4.67. The lowest BCUT2D eigenvalue weighted by Gasteiger charge is -2.26. The Morgan fingerprint density at radius 2 is 2.26 bits per heavy atom. The van der Waals surface area contributed by atoms with Crippen molar-refractivity contribution in [2.75, 3.05) is 6.54 Å². The van der Waals surface area contributed by atoms with E-state index in [1.807, 2.05) is 25.1 Å². The minimum absolute atomic E-state index is 0.116. The van der Waals surface area contributed by atoms with Gasteiger partial charge in [0.25, 0.3) is 0 Å². The second kappa shape index (κ2) is 6.71. The third-order valence-corrected chi connectivity index (χ3v) is 3.86. The largest absolute Gasteiger partial charge is 0.356 e. The zero-order valence-electron chi connectivity index (χ0n) is 11.7. The van der Waals surface area contributed by atoms with Crippen LogP contribution in [0.2, 0.25) is 0 Å². The van der Waals surface area contributed by atoms with Gasteiger partial charge in [-0.1, -0.05) is 36.2 Å². The molecular formula is C16H24N2O. The van der Waals surface area contributed by atoms with Crippen molar-refractivity contribution in [1.29, 1.82) is 0 Å². The molecule has 2 unspecified atom stereocenters. The number of rotatable bonds is 4. The number of nitrogens with two attached hydrogens (primary N) is 1. The molecule has 0 bridgehead atoms. The molecule has 0 saturated heterocycles. The summed E-state index contributed by atoms with van der Waals surface area (Å²) < 4.78 is 0. The number of carbonyl (C=O) groups excluding carboxylic acids is 1. The van der Waals surface area contributed by atoms with Gasteiger partial charge >= 0.3 is 0 Å². The molecule has 2 atom stereocenters. The van der Waals surface area contributed by atoms with Crippen LogP contribution in [0, 0.1) is 12.8 Å². The first-order valence-corrected chi connectivity index (χ1v) is 7.21. The standard InChI is InChI=1S/C16H24N2O/c1-12-4-2-5-13(8-12)10-16(19)18-11-14-6-3-7-15(17)9-14/h2,4-5,8,14-15H,3,6-7,9-11,17H2,1H3,(H,18,19). The van der Waals surface area contributed by atoms with Gasteiger partial charge in [-0.2, -0.15) is 0 Å². The van der Waals surface area contributed by atoms with Crippen molar-refractivity contribution in [2.24, 2.45) is 11.7 Å². The van der Waals surface area contributed by atoms with Crippen molar-refractivity contribution in [3.63, 3.8) is 0 Å². The fraction of sp³-hybridized carbons (Fsp3) is 0.562. The van der Waals surface area contributed by atoms with E-state index >= 15 is 0 Å². The quantitative estimate of drug-likeness (QED) is 0.871. The van der Waals surface area contributed by atoms with Crippen LogP contribution in [0.4, 0.5) is 0 Å². The van der Waals surface area contributed by atoms with Crippen LogP contribution in [-0.4, -0.2) is 18.5 Å². The Bertz CT molecular complexity index is 431. The number of hydrogen-bond acceptors (Lipinski definition) is 2. The highest BCUT2D eigenvalue weighted by Crippen LogP contribution is 2.22. The first-order chi connectivity index (χ1) is 9.13. The van der Waals surface area contributed by atoms with Gasteiger partial charge in [0, 0.05) is 12.6 Å². The van der Waals surface area contributed by atoms with Crippen molar-refractivity contribution in [3.8, 4) is 0 Å². The van der Waals surface area contributed by atoms with E-state index in [1.165, 1.54) is 18.4 Å². The Kier molecular flexibility index (Phi) is 4.97. The Balaban J connectivity index is 1.75. The van der Waals surface area contributed by atoms with Gasteiger partial charge in [0.1, 0.15) is 0 Å². The van der Waals surface area contributed by atoms with Crippen molar-refractivity contribution in [1.82, 2.24) is 5.32 Å². The molecule has 1 aliphatic carbocycles. The van der Waals surface area contributed by atoms with E-state index in [1.54, 1.807) is 0 Å². The number of benzene rings is 1. The highest BCUT2D eigenvalue weighted by molar-refractivity contribution is 5.78. The van der Waals surface area contributed by atoms with Gasteiger partial charge in [0.2, 0.25) is 5.91 Å². The molecule has 0 heterocycles. The summed E-state index contributed by atoms with van der Waals surface area (Å²) in [6.07, 6.45) is 5.04. The van der Waals surface area contributed by atoms with Crippen molar-refractivity contribution >= 4 is 5.91 Å². The van der Waals surface area contributed by atoms with Crippen LogP contribution in [0.15, 0.2) is 24.3 Å². The van der Waals surface area contributed by atoms with Crippen LogP contribution < -0.4 is 11.1 Å². The average Bonchev–Trinajstić information content (AvgIpc) is 2.36. The minimum atomic E-state index is 0.116. The lowest BCUT2D eigenvalue weighted by atomic mass is 9.86. The normalized spacial score (nSPS) is 23.1. The fourth-order valence-electron chi connectivity index (χ4n) is 2.85. The zero-order chi connectivity index (χ0) is 13.7. The van der Waals surface area contributed by atoms with E-state index in [0.29, 0.717) is 18.4 Å². The van der Waals surface area contributed by atoms with E-state index in [4.69, 9.17) is 5.73 Å². The summed E-state index contributed by atoms with van der Waals surface area (Å²) in [5.74, 6) is 0.676. The maximum absolute atomic E-state index is 11.9. The minimum Gasteiger partial charge on any atom is -0.356 e. The maximum atomic E-state index is 11.9. The predicted molar refractivity (Wildman–Crippen MR) is 77.8 cm³/mol. The Hall–Kier alpha value is -1.35. The SMILES string of the molecule is Cc1cccc(CC(=O)NCC2CCCC(N)C2)c1. The predicted octanol–water partition coefficient (Wildman–Crippen LogP) is 2.17. The second-order valence-corrected chi connectivity index (χ2v) is 5.76. The van der Waals surface area contributed by atoms with Crippen LogP contribution in [0.3, 0.4) is 0 Å². The first-order valence-electron chi connectivity index (χ1n) is 7.21. The highest BCUT2D eigenvalue weighted by atomic mass is 16.1. The summed E-state index contributed by atoms with van der Waals surface area (Å²) in [5, 5.41) is 3.05. The van der Waals surface area contributed by atoms with Crippen molar-refractivity contribution in [2.45, 2.75) is 45.1 Å². The molecule has 3 heteroatoms. The fourth-order valence-corrected chi connectivity index (χ4v) is 2.85. The second-order valence-electron chi connectivity index (χ2n) is 5.76. The van der Waals surface area contributed by atoms with Crippen LogP contribution in [0.5, 0.6) is 0 Å². The van der Waals surface area contributed by atoms with Gasteiger partial charge in [-0.05, 0) is 37.7 Å². The average molecular weight is 260 g/mol. The smallest absolute Gasteiger partial charge is 0.224 e. The zero-order valence-corrected chi connectivity index (χ0v) is 11.7. The molecule has 0 spiro atoms. The Morgan fingerprint density at radius 1 is 1.42 bits per heavy atom. The molecule has 19 heavy (non-hydrogen) atoms. The Labute approximate surface area is 115 Å². The Morgan fingerprint density at radius 3 is 3.00 bits per heavy atom. The molecule has 1 aromatic carbocycles. The van der Waals surface area contributed by atoms with Gasteiger partial charge < -0.3 is 11.1 Å². The third-order valence-electron chi connectivity index (χ3n) is 3.86. The summed E-state index contributed by atoms with van der Waals surface area (Å²) >= 11 is 0. The van der Waals surface area contributed by atoms with Crippen molar-refractivity contribution < 1.29 is 4.79 Å². The molecule has 0 radical (unpaired) electrons. The summed E-state index contributed by atoms with van der Waals surface area (Å²) in [5.41, 5.74) is 8.24. The lowest BCUT2D eigenvalue weighted by molar-refractivity contribution is -0.120. The topological polar surface area (TPSA) is 55.1 Å². The molecule has 3 nitrogen and oxygen atoms in total. The molecule has 0 aliphatic heterocycles. The summed E-state index contributed by atoms with van der Waals surface area (Å²) in [7, 11) is 0. The molecule has 1 amide bonds. The van der Waals surface area contributed by atoms with Gasteiger partial charge in [-0.3, -0.25) is 4.79 Å². The van der Waals surface area contributed by atoms with E-state index in [0.717, 1.165) is 24.9 Å². The molecule has 2 rings (SSSR count). The van der Waals surface area contributed by atoms with Crippen LogP contribution in [0.1, 0.15) is 36.8 Å². The molecule has 104 valence electrons. The molecule has 1 saturated carbocycles. The molecule has 0 aromatic heterocycles. The molecule has 1 aromatic rings. The van der Waals surface area contributed by atoms with Crippen molar-refractivity contribution in [3.05, 3.63) is 35.4 Å².